The van der Waals surface area contributed by atoms with Gasteiger partial charge in [0, 0.05) is 12.3 Å². The molecule has 3 rings (SSSR count). The van der Waals surface area contributed by atoms with Crippen LogP contribution in [-0.2, 0) is 14.3 Å². The molecule has 1 aliphatic carbocycles. The van der Waals surface area contributed by atoms with Crippen LogP contribution in [-0.4, -0.2) is 30.7 Å². The maximum atomic E-state index is 12.2. The highest BCUT2D eigenvalue weighted by Gasteiger charge is 2.51. The van der Waals surface area contributed by atoms with E-state index < -0.39 is 11.6 Å². The predicted molar refractivity (Wildman–Crippen MR) is 70.5 cm³/mol. The number of hydrogen-bond donors (Lipinski definition) is 2. The molecule has 3 aliphatic rings. The van der Waals surface area contributed by atoms with Crippen molar-refractivity contribution in [2.45, 2.75) is 31.7 Å². The number of ether oxygens (including phenoxy) is 2. The molecule has 2 heterocycles. The van der Waals surface area contributed by atoms with Crippen molar-refractivity contribution >= 4 is 11.9 Å². The normalized spacial score (nSPS) is 32.1. The van der Waals surface area contributed by atoms with Crippen molar-refractivity contribution in [3.8, 4) is 0 Å². The van der Waals surface area contributed by atoms with Gasteiger partial charge < -0.3 is 14.8 Å². The Morgan fingerprint density at radius 3 is 2.85 bits per heavy atom. The summed E-state index contributed by atoms with van der Waals surface area (Å²) in [5.41, 5.74) is -0.873. The summed E-state index contributed by atoms with van der Waals surface area (Å²) in [7, 11) is 0. The summed E-state index contributed by atoms with van der Waals surface area (Å²) in [5.74, 6) is 1.14. The van der Waals surface area contributed by atoms with Crippen molar-refractivity contribution < 1.29 is 19.1 Å². The molecule has 1 saturated heterocycles. The Bertz CT molecular complexity index is 511. The van der Waals surface area contributed by atoms with Gasteiger partial charge in [-0.15, -0.1) is 0 Å². The average Bonchev–Trinajstić information content (AvgIpc) is 2.74. The van der Waals surface area contributed by atoms with Gasteiger partial charge in [0.05, 0.1) is 0 Å². The van der Waals surface area contributed by atoms with Crippen molar-refractivity contribution in [3.05, 3.63) is 23.7 Å². The van der Waals surface area contributed by atoms with Crippen LogP contribution < -0.4 is 10.6 Å². The first-order valence-corrected chi connectivity index (χ1v) is 6.96. The lowest BCUT2D eigenvalue weighted by Gasteiger charge is -2.36. The highest BCUT2D eigenvalue weighted by atomic mass is 16.6. The third kappa shape index (κ3) is 1.95. The molecule has 6 nitrogen and oxygen atoms in total. The van der Waals surface area contributed by atoms with Crippen LogP contribution >= 0.6 is 0 Å². The fraction of sp³-hybridized carbons (Fsp3) is 0.571. The number of rotatable bonds is 3. The molecule has 0 bridgehead atoms. The molecular formula is C14H18N2O4. The Labute approximate surface area is 117 Å². The molecule has 2 atom stereocenters. The molecule has 6 heteroatoms. The van der Waals surface area contributed by atoms with E-state index in [4.69, 9.17) is 9.47 Å². The average molecular weight is 278 g/mol. The number of nitrogens with one attached hydrogen (secondary N) is 2. The minimum atomic E-state index is -0.873. The summed E-state index contributed by atoms with van der Waals surface area (Å²) in [6.07, 6.45) is 5.76. The van der Waals surface area contributed by atoms with Crippen LogP contribution in [0.2, 0.25) is 0 Å². The van der Waals surface area contributed by atoms with Gasteiger partial charge in [-0.3, -0.25) is 10.1 Å². The minimum absolute atomic E-state index is 0.116. The third-order valence-corrected chi connectivity index (χ3v) is 4.02. The van der Waals surface area contributed by atoms with Gasteiger partial charge in [-0.05, 0) is 12.5 Å². The molecule has 3 amide bonds. The van der Waals surface area contributed by atoms with E-state index in [0.717, 1.165) is 17.9 Å². The van der Waals surface area contributed by atoms with Crippen molar-refractivity contribution in [1.29, 1.82) is 0 Å². The lowest BCUT2D eigenvalue weighted by atomic mass is 9.76. The molecule has 108 valence electrons. The molecule has 2 aliphatic heterocycles. The van der Waals surface area contributed by atoms with Gasteiger partial charge >= 0.3 is 6.03 Å². The van der Waals surface area contributed by atoms with Gasteiger partial charge in [0.2, 0.25) is 0 Å². The molecule has 0 saturated carbocycles. The van der Waals surface area contributed by atoms with Crippen LogP contribution in [0.4, 0.5) is 4.79 Å². The molecular weight excluding hydrogens is 260 g/mol. The third-order valence-electron chi connectivity index (χ3n) is 4.02. The monoisotopic (exact) mass is 278 g/mol. The van der Waals surface area contributed by atoms with Gasteiger partial charge in [-0.25, -0.2) is 4.79 Å². The van der Waals surface area contributed by atoms with Crippen LogP contribution in [0.25, 0.3) is 0 Å². The number of imide groups is 1. The minimum Gasteiger partial charge on any atom is -0.490 e. The molecule has 0 aromatic heterocycles. The SMILES string of the molecule is CCCC1(C2C=CC3=C(C2)OCCO3)NC(=O)NC1=O. The van der Waals surface area contributed by atoms with Crippen LogP contribution in [0.3, 0.4) is 0 Å². The molecule has 20 heavy (non-hydrogen) atoms. The van der Waals surface area contributed by atoms with E-state index in [2.05, 4.69) is 10.6 Å². The largest absolute Gasteiger partial charge is 0.490 e. The van der Waals surface area contributed by atoms with Gasteiger partial charge in [0.25, 0.3) is 5.91 Å². The summed E-state index contributed by atoms with van der Waals surface area (Å²) in [6.45, 7) is 3.07. The van der Waals surface area contributed by atoms with E-state index in [1.165, 1.54) is 0 Å². The van der Waals surface area contributed by atoms with Gasteiger partial charge in [-0.2, -0.15) is 0 Å². The number of urea groups is 1. The number of carbonyl (C=O) groups is 2. The zero-order valence-corrected chi connectivity index (χ0v) is 11.4. The first-order chi connectivity index (χ1) is 9.65. The van der Waals surface area contributed by atoms with Crippen LogP contribution in [0.5, 0.6) is 0 Å². The lowest BCUT2D eigenvalue weighted by Crippen LogP contribution is -2.53. The Kier molecular flexibility index (Phi) is 3.16. The highest BCUT2D eigenvalue weighted by Crippen LogP contribution is 2.37. The number of carbonyl (C=O) groups excluding carboxylic acids is 2. The first kappa shape index (κ1) is 13.0. The van der Waals surface area contributed by atoms with Crippen molar-refractivity contribution in [2.75, 3.05) is 13.2 Å². The maximum Gasteiger partial charge on any atom is 0.322 e. The Morgan fingerprint density at radius 1 is 1.35 bits per heavy atom. The number of allylic oxidation sites excluding steroid dienone is 2. The zero-order valence-electron chi connectivity index (χ0n) is 11.4. The van der Waals surface area contributed by atoms with E-state index >= 15 is 0 Å². The number of amides is 3. The smallest absolute Gasteiger partial charge is 0.322 e. The second kappa shape index (κ2) is 4.85. The topological polar surface area (TPSA) is 76.7 Å². The Balaban J connectivity index is 1.87. The van der Waals surface area contributed by atoms with Gasteiger partial charge in [0.1, 0.15) is 24.5 Å². The highest BCUT2D eigenvalue weighted by molar-refractivity contribution is 6.07. The molecule has 0 aromatic rings. The summed E-state index contributed by atoms with van der Waals surface area (Å²) in [4.78, 5) is 23.8. The van der Waals surface area contributed by atoms with E-state index in [-0.39, 0.29) is 11.8 Å². The molecule has 2 N–H and O–H groups in total. The quantitative estimate of drug-likeness (QED) is 0.760. The van der Waals surface area contributed by atoms with Crippen LogP contribution in [0, 0.1) is 5.92 Å². The zero-order chi connectivity index (χ0) is 14.2. The number of hydrogen-bond acceptors (Lipinski definition) is 4. The lowest BCUT2D eigenvalue weighted by molar-refractivity contribution is -0.125. The predicted octanol–water partition coefficient (Wildman–Crippen LogP) is 1.20. The molecule has 0 aromatic carbocycles. The summed E-state index contributed by atoms with van der Waals surface area (Å²) in [6, 6.07) is -0.419. The van der Waals surface area contributed by atoms with Crippen molar-refractivity contribution in [1.82, 2.24) is 10.6 Å². The summed E-state index contributed by atoms with van der Waals surface area (Å²) < 4.78 is 11.1. The van der Waals surface area contributed by atoms with E-state index in [1.807, 2.05) is 19.1 Å². The second-order valence-electron chi connectivity index (χ2n) is 5.28. The van der Waals surface area contributed by atoms with E-state index in [1.54, 1.807) is 0 Å². The van der Waals surface area contributed by atoms with E-state index in [9.17, 15) is 9.59 Å². The van der Waals surface area contributed by atoms with Gasteiger partial charge in [0.15, 0.2) is 5.76 Å². The van der Waals surface area contributed by atoms with E-state index in [0.29, 0.717) is 26.1 Å². The van der Waals surface area contributed by atoms with Crippen LogP contribution in [0.1, 0.15) is 26.2 Å². The van der Waals surface area contributed by atoms with Crippen LogP contribution in [0.15, 0.2) is 23.7 Å². The molecule has 0 radical (unpaired) electrons. The second-order valence-corrected chi connectivity index (χ2v) is 5.28. The van der Waals surface area contributed by atoms with Crippen molar-refractivity contribution in [3.63, 3.8) is 0 Å². The Hall–Kier alpha value is -1.98. The van der Waals surface area contributed by atoms with Gasteiger partial charge in [-0.1, -0.05) is 19.4 Å². The molecule has 1 fully saturated rings. The first-order valence-electron chi connectivity index (χ1n) is 6.96. The summed E-state index contributed by atoms with van der Waals surface area (Å²) in [5, 5.41) is 5.16. The molecule has 0 spiro atoms. The fourth-order valence-corrected chi connectivity index (χ4v) is 3.10. The standard InChI is InChI=1S/C14H18N2O4/c1-2-5-14(12(17)15-13(18)16-14)9-3-4-10-11(8-9)20-7-6-19-10/h3-4,9H,2,5-8H2,1H3,(H2,15,16,17,18). The summed E-state index contributed by atoms with van der Waals surface area (Å²) >= 11 is 0. The Morgan fingerprint density at radius 2 is 2.15 bits per heavy atom. The molecule has 2 unspecified atom stereocenters. The fourth-order valence-electron chi connectivity index (χ4n) is 3.10. The maximum absolute atomic E-state index is 12.2. The van der Waals surface area contributed by atoms with Crippen molar-refractivity contribution in [2.24, 2.45) is 5.92 Å².